The first-order valence-electron chi connectivity index (χ1n) is 6.65. The summed E-state index contributed by atoms with van der Waals surface area (Å²) in [6.07, 6.45) is 0. The zero-order chi connectivity index (χ0) is 14.0. The van der Waals surface area contributed by atoms with Gasteiger partial charge in [0.1, 0.15) is 0 Å². The fraction of sp³-hybridized carbons (Fsp3) is 0.400. The van der Waals surface area contributed by atoms with E-state index in [1.54, 1.807) is 0 Å². The molecule has 0 aliphatic carbocycles. The van der Waals surface area contributed by atoms with Gasteiger partial charge in [0.2, 0.25) is 0 Å². The molecule has 2 aromatic carbocycles. The van der Waals surface area contributed by atoms with Crippen LogP contribution < -0.4 is 0 Å². The molecule has 0 spiro atoms. The Labute approximate surface area is 148 Å². The van der Waals surface area contributed by atoms with Gasteiger partial charge in [0.15, 0.2) is 0 Å². The number of hydrogen-bond donors (Lipinski definition) is 0. The van der Waals surface area contributed by atoms with Crippen LogP contribution in [0.4, 0.5) is 0 Å². The fourth-order valence-corrected chi connectivity index (χ4v) is 2.27. The van der Waals surface area contributed by atoms with Crippen LogP contribution in [-0.2, 0) is 21.7 Å². The van der Waals surface area contributed by atoms with Crippen molar-refractivity contribution in [1.29, 1.82) is 0 Å². The summed E-state index contributed by atoms with van der Waals surface area (Å²) in [6.45, 7) is 17.4. The molecule has 0 bridgehead atoms. The summed E-state index contributed by atoms with van der Waals surface area (Å²) < 4.78 is 0. The van der Waals surface area contributed by atoms with E-state index in [0.29, 0.717) is 0 Å². The Morgan fingerprint density at radius 1 is 0.619 bits per heavy atom. The summed E-state index contributed by atoms with van der Waals surface area (Å²) in [5.41, 5.74) is 11.5. The third kappa shape index (κ3) is 5.97. The zero-order valence-electron chi connectivity index (χ0n) is 15.7. The van der Waals surface area contributed by atoms with E-state index in [1.165, 1.54) is 44.5 Å². The number of rotatable bonds is 0. The van der Waals surface area contributed by atoms with Crippen molar-refractivity contribution in [2.45, 2.75) is 55.4 Å². The molecule has 0 amide bonds. The predicted octanol–water partition coefficient (Wildman–Crippen LogP) is 6.18. The van der Waals surface area contributed by atoms with Crippen LogP contribution in [0.25, 0.3) is 0 Å². The van der Waals surface area contributed by atoms with Crippen LogP contribution in [0.5, 0.6) is 0 Å². The summed E-state index contributed by atoms with van der Waals surface area (Å²) in [7, 11) is 0. The van der Waals surface area contributed by atoms with E-state index in [0.717, 1.165) is 0 Å². The van der Waals surface area contributed by atoms with Crippen molar-refractivity contribution in [3.63, 3.8) is 0 Å². The SMILES string of the molecule is Cc1c[c-](C)c(C)c1C.Cc1c[c-](C)c(C)c1C.[CH3-].[CH3-].[Ti+4]. The Kier molecular flexibility index (Phi) is 12.3. The maximum Gasteiger partial charge on any atom is 4.00 e. The molecule has 21 heavy (non-hydrogen) atoms. The van der Waals surface area contributed by atoms with Crippen molar-refractivity contribution < 1.29 is 21.7 Å². The van der Waals surface area contributed by atoms with Crippen LogP contribution in [0.2, 0.25) is 0 Å². The molecule has 0 fully saturated rings. The monoisotopic (exact) mass is 320 g/mol. The van der Waals surface area contributed by atoms with Crippen LogP contribution in [0.3, 0.4) is 0 Å². The maximum atomic E-state index is 2.24. The van der Waals surface area contributed by atoms with Gasteiger partial charge in [-0.25, -0.2) is 0 Å². The predicted molar refractivity (Wildman–Crippen MR) is 94.8 cm³/mol. The summed E-state index contributed by atoms with van der Waals surface area (Å²) in [4.78, 5) is 0. The topological polar surface area (TPSA) is 0 Å². The summed E-state index contributed by atoms with van der Waals surface area (Å²) in [5, 5.41) is 0. The smallest absolute Gasteiger partial charge is 0.358 e. The van der Waals surface area contributed by atoms with Gasteiger partial charge in [0, 0.05) is 0 Å². The van der Waals surface area contributed by atoms with Crippen molar-refractivity contribution >= 4 is 0 Å². The quantitative estimate of drug-likeness (QED) is 0.402. The maximum absolute atomic E-state index is 2.24. The fourth-order valence-electron chi connectivity index (χ4n) is 2.27. The van der Waals surface area contributed by atoms with Crippen molar-refractivity contribution in [1.82, 2.24) is 0 Å². The van der Waals surface area contributed by atoms with E-state index in [2.05, 4.69) is 67.5 Å². The molecule has 0 aliphatic rings. The largest absolute Gasteiger partial charge is 4.00 e. The first kappa shape index (κ1) is 25.4. The van der Waals surface area contributed by atoms with Crippen molar-refractivity contribution in [2.24, 2.45) is 0 Å². The molecule has 0 N–H and O–H groups in total. The van der Waals surface area contributed by atoms with Gasteiger partial charge in [-0.15, -0.1) is 0 Å². The molecular weight excluding hydrogens is 288 g/mol. The molecule has 0 saturated heterocycles. The van der Waals surface area contributed by atoms with Gasteiger partial charge in [0.25, 0.3) is 0 Å². The molecule has 0 saturated carbocycles. The third-order valence-electron chi connectivity index (χ3n) is 4.36. The molecule has 0 aromatic heterocycles. The molecule has 0 nitrogen and oxygen atoms in total. The van der Waals surface area contributed by atoms with Gasteiger partial charge in [-0.1, -0.05) is 55.4 Å². The first-order chi connectivity index (χ1) is 8.25. The van der Waals surface area contributed by atoms with E-state index >= 15 is 0 Å². The molecule has 0 heterocycles. The van der Waals surface area contributed by atoms with Crippen LogP contribution in [0, 0.1) is 70.2 Å². The minimum Gasteiger partial charge on any atom is -0.358 e. The van der Waals surface area contributed by atoms with Crippen LogP contribution in [0.15, 0.2) is 12.1 Å². The standard InChI is InChI=1S/2C9H13.2CH3.Ti/c2*1-6-5-7(2)9(4)8(6)3;;;/h2*5H,1-4H3;2*1H3;/q4*-1;+4. The van der Waals surface area contributed by atoms with Gasteiger partial charge in [-0.3, -0.25) is 0 Å². The van der Waals surface area contributed by atoms with Crippen LogP contribution in [-0.4, -0.2) is 0 Å². The molecule has 0 unspecified atom stereocenters. The average Bonchev–Trinajstić information content (AvgIpc) is 2.66. The second-order valence-electron chi connectivity index (χ2n) is 5.52. The average molecular weight is 320 g/mol. The molecule has 0 aliphatic heterocycles. The Morgan fingerprint density at radius 3 is 0.905 bits per heavy atom. The van der Waals surface area contributed by atoms with Crippen molar-refractivity contribution in [3.05, 3.63) is 71.5 Å². The first-order valence-corrected chi connectivity index (χ1v) is 6.65. The van der Waals surface area contributed by atoms with Crippen molar-refractivity contribution in [3.8, 4) is 0 Å². The summed E-state index contributed by atoms with van der Waals surface area (Å²) >= 11 is 0. The second-order valence-corrected chi connectivity index (χ2v) is 5.52. The van der Waals surface area contributed by atoms with Gasteiger partial charge in [0.05, 0.1) is 0 Å². The minimum absolute atomic E-state index is 0. The molecular formula is C20H32Ti. The molecule has 0 radical (unpaired) electrons. The van der Waals surface area contributed by atoms with E-state index < -0.39 is 0 Å². The van der Waals surface area contributed by atoms with E-state index in [-0.39, 0.29) is 36.6 Å². The zero-order valence-corrected chi connectivity index (χ0v) is 17.2. The molecule has 1 heteroatoms. The summed E-state index contributed by atoms with van der Waals surface area (Å²) in [6, 6.07) is 4.48. The van der Waals surface area contributed by atoms with Crippen molar-refractivity contribution in [2.75, 3.05) is 0 Å². The van der Waals surface area contributed by atoms with E-state index in [1.807, 2.05) is 0 Å². The number of hydrogen-bond acceptors (Lipinski definition) is 0. The molecule has 2 aromatic rings. The Balaban J connectivity index is -0.000000270. The molecule has 116 valence electrons. The normalized spacial score (nSPS) is 8.76. The second kappa shape index (κ2) is 10.2. The summed E-state index contributed by atoms with van der Waals surface area (Å²) in [5.74, 6) is 0. The van der Waals surface area contributed by atoms with E-state index in [9.17, 15) is 0 Å². The minimum atomic E-state index is 0. The van der Waals surface area contributed by atoms with E-state index in [4.69, 9.17) is 0 Å². The van der Waals surface area contributed by atoms with Gasteiger partial charge in [-0.05, 0) is 0 Å². The third-order valence-corrected chi connectivity index (χ3v) is 4.36. The van der Waals surface area contributed by atoms with Gasteiger partial charge in [-0.2, -0.15) is 56.6 Å². The Hall–Kier alpha value is -0.586. The Bertz CT molecular complexity index is 443. The van der Waals surface area contributed by atoms with Gasteiger partial charge < -0.3 is 14.9 Å². The molecule has 0 atom stereocenters. The van der Waals surface area contributed by atoms with Crippen LogP contribution >= 0.6 is 0 Å². The van der Waals surface area contributed by atoms with Gasteiger partial charge >= 0.3 is 21.7 Å². The molecule has 2 rings (SSSR count). The Morgan fingerprint density at radius 2 is 0.857 bits per heavy atom. The van der Waals surface area contributed by atoms with Crippen LogP contribution in [0.1, 0.15) is 44.5 Å². The number of aryl methyl sites for hydroxylation is 4.